The number of hydrogen-bond acceptors (Lipinski definition) is 3. The lowest BCUT2D eigenvalue weighted by Gasteiger charge is -2.44. The summed E-state index contributed by atoms with van der Waals surface area (Å²) in [6.45, 7) is 3.36. The number of benzene rings is 1. The highest BCUT2D eigenvalue weighted by atomic mass is 16.1. The molecule has 2 bridgehead atoms. The van der Waals surface area contributed by atoms with Gasteiger partial charge in [-0.2, -0.15) is 0 Å². The maximum Gasteiger partial charge on any atom is 0.270 e. The minimum atomic E-state index is -0.0421. The summed E-state index contributed by atoms with van der Waals surface area (Å²) in [5, 5.41) is 5.32. The van der Waals surface area contributed by atoms with Crippen molar-refractivity contribution in [2.75, 3.05) is 19.6 Å². The molecular formula is C17H19N3O. The van der Waals surface area contributed by atoms with Crippen molar-refractivity contribution in [2.24, 2.45) is 5.92 Å². The standard InChI is InChI=1S/C17H19N3O/c21-17(19-16-11-20-7-5-12(16)6-8-20)15-9-13-3-1-2-4-14(13)10-18-15/h1-4,9-10,12,16H,5-8,11H2,(H,19,21)/t16-/m1/s1. The van der Waals surface area contributed by atoms with Crippen molar-refractivity contribution in [1.82, 2.24) is 15.2 Å². The van der Waals surface area contributed by atoms with Crippen LogP contribution in [0.5, 0.6) is 0 Å². The molecule has 21 heavy (non-hydrogen) atoms. The Morgan fingerprint density at radius 2 is 1.95 bits per heavy atom. The number of carbonyl (C=O) groups is 1. The van der Waals surface area contributed by atoms with Crippen molar-refractivity contribution in [3.63, 3.8) is 0 Å². The molecule has 1 atom stereocenters. The molecule has 3 aliphatic rings. The lowest BCUT2D eigenvalue weighted by Crippen LogP contribution is -2.57. The van der Waals surface area contributed by atoms with Crippen LogP contribution in [0.1, 0.15) is 23.3 Å². The van der Waals surface area contributed by atoms with Crippen LogP contribution in [0.2, 0.25) is 0 Å². The average Bonchev–Trinajstić information content (AvgIpc) is 2.55. The fourth-order valence-corrected chi connectivity index (χ4v) is 3.58. The van der Waals surface area contributed by atoms with Crippen LogP contribution in [0.3, 0.4) is 0 Å². The van der Waals surface area contributed by atoms with E-state index in [1.165, 1.54) is 25.9 Å². The Bertz CT molecular complexity index is 677. The number of pyridine rings is 1. The molecule has 0 spiro atoms. The molecule has 0 radical (unpaired) electrons. The van der Waals surface area contributed by atoms with Gasteiger partial charge in [-0.15, -0.1) is 0 Å². The Balaban J connectivity index is 1.53. The molecule has 4 heteroatoms. The molecule has 1 aromatic carbocycles. The van der Waals surface area contributed by atoms with Gasteiger partial charge in [-0.3, -0.25) is 9.78 Å². The number of hydrogen-bond donors (Lipinski definition) is 1. The molecule has 108 valence electrons. The summed E-state index contributed by atoms with van der Waals surface area (Å²) in [6.07, 6.45) is 4.19. The molecule has 2 aromatic rings. The van der Waals surface area contributed by atoms with Crippen LogP contribution < -0.4 is 5.32 Å². The second-order valence-electron chi connectivity index (χ2n) is 6.13. The lowest BCUT2D eigenvalue weighted by molar-refractivity contribution is 0.0618. The topological polar surface area (TPSA) is 45.2 Å². The highest BCUT2D eigenvalue weighted by Gasteiger charge is 2.35. The van der Waals surface area contributed by atoms with Crippen molar-refractivity contribution < 1.29 is 4.79 Å². The summed E-state index contributed by atoms with van der Waals surface area (Å²) in [5.41, 5.74) is 0.519. The van der Waals surface area contributed by atoms with Gasteiger partial charge in [0.15, 0.2) is 0 Å². The van der Waals surface area contributed by atoms with Gasteiger partial charge in [0.1, 0.15) is 5.69 Å². The third-order valence-electron chi connectivity index (χ3n) is 4.84. The summed E-state index contributed by atoms with van der Waals surface area (Å²) < 4.78 is 0. The lowest BCUT2D eigenvalue weighted by atomic mass is 9.84. The van der Waals surface area contributed by atoms with Gasteiger partial charge in [-0.25, -0.2) is 0 Å². The molecular weight excluding hydrogens is 262 g/mol. The van der Waals surface area contributed by atoms with E-state index in [4.69, 9.17) is 0 Å². The Morgan fingerprint density at radius 1 is 1.19 bits per heavy atom. The molecule has 5 rings (SSSR count). The van der Waals surface area contributed by atoms with Gasteiger partial charge in [0.05, 0.1) is 0 Å². The van der Waals surface area contributed by atoms with E-state index in [9.17, 15) is 4.79 Å². The number of nitrogens with one attached hydrogen (secondary N) is 1. The first-order chi connectivity index (χ1) is 10.3. The zero-order valence-corrected chi connectivity index (χ0v) is 12.0. The van der Waals surface area contributed by atoms with Crippen LogP contribution in [-0.2, 0) is 0 Å². The first-order valence-electron chi connectivity index (χ1n) is 7.67. The van der Waals surface area contributed by atoms with E-state index >= 15 is 0 Å². The SMILES string of the molecule is O=C(N[C@@H]1CN2CCC1CC2)c1cc2ccccc2cn1. The average molecular weight is 281 g/mol. The van der Waals surface area contributed by atoms with Gasteiger partial charge in [0.2, 0.25) is 0 Å². The van der Waals surface area contributed by atoms with Gasteiger partial charge in [-0.05, 0) is 43.3 Å². The Morgan fingerprint density at radius 3 is 2.67 bits per heavy atom. The Kier molecular flexibility index (Phi) is 3.11. The van der Waals surface area contributed by atoms with E-state index < -0.39 is 0 Å². The fourth-order valence-electron chi connectivity index (χ4n) is 3.58. The quantitative estimate of drug-likeness (QED) is 0.916. The van der Waals surface area contributed by atoms with Crippen molar-refractivity contribution in [3.8, 4) is 0 Å². The summed E-state index contributed by atoms with van der Waals surface area (Å²) in [4.78, 5) is 19.2. The molecule has 4 nitrogen and oxygen atoms in total. The number of amides is 1. The maximum atomic E-state index is 12.4. The second-order valence-corrected chi connectivity index (χ2v) is 6.13. The predicted octanol–water partition coefficient (Wildman–Crippen LogP) is 2.06. The fraction of sp³-hybridized carbons (Fsp3) is 0.412. The van der Waals surface area contributed by atoms with Crippen LogP contribution in [0.4, 0.5) is 0 Å². The Hall–Kier alpha value is -1.94. The summed E-state index contributed by atoms with van der Waals surface area (Å²) in [5.74, 6) is 0.596. The summed E-state index contributed by atoms with van der Waals surface area (Å²) >= 11 is 0. The minimum Gasteiger partial charge on any atom is -0.346 e. The van der Waals surface area contributed by atoms with E-state index in [1.807, 2.05) is 30.3 Å². The molecule has 3 saturated heterocycles. The molecule has 0 unspecified atom stereocenters. The van der Waals surface area contributed by atoms with E-state index in [-0.39, 0.29) is 11.9 Å². The van der Waals surface area contributed by atoms with E-state index in [0.29, 0.717) is 11.6 Å². The van der Waals surface area contributed by atoms with Crippen molar-refractivity contribution >= 4 is 16.7 Å². The van der Waals surface area contributed by atoms with Crippen molar-refractivity contribution in [2.45, 2.75) is 18.9 Å². The van der Waals surface area contributed by atoms with Crippen LogP contribution in [0.15, 0.2) is 36.5 Å². The summed E-state index contributed by atoms with van der Waals surface area (Å²) in [7, 11) is 0. The predicted molar refractivity (Wildman–Crippen MR) is 82.2 cm³/mol. The van der Waals surface area contributed by atoms with Gasteiger partial charge < -0.3 is 10.2 Å². The van der Waals surface area contributed by atoms with E-state index in [0.717, 1.165) is 17.3 Å². The van der Waals surface area contributed by atoms with Crippen molar-refractivity contribution in [1.29, 1.82) is 0 Å². The van der Waals surface area contributed by atoms with Crippen LogP contribution >= 0.6 is 0 Å². The summed E-state index contributed by atoms with van der Waals surface area (Å²) in [6, 6.07) is 10.2. The van der Waals surface area contributed by atoms with Crippen LogP contribution in [-0.4, -0.2) is 41.5 Å². The van der Waals surface area contributed by atoms with Gasteiger partial charge in [-0.1, -0.05) is 24.3 Å². The van der Waals surface area contributed by atoms with Gasteiger partial charge in [0.25, 0.3) is 5.91 Å². The third-order valence-corrected chi connectivity index (χ3v) is 4.84. The van der Waals surface area contributed by atoms with Gasteiger partial charge >= 0.3 is 0 Å². The second kappa shape index (κ2) is 5.11. The first-order valence-corrected chi connectivity index (χ1v) is 7.67. The Labute approximate surface area is 124 Å². The van der Waals surface area contributed by atoms with Crippen molar-refractivity contribution in [3.05, 3.63) is 42.2 Å². The molecule has 3 fully saturated rings. The first kappa shape index (κ1) is 12.8. The molecule has 0 saturated carbocycles. The van der Waals surface area contributed by atoms with E-state index in [1.54, 1.807) is 6.20 Å². The smallest absolute Gasteiger partial charge is 0.270 e. The monoisotopic (exact) mass is 281 g/mol. The number of rotatable bonds is 2. The minimum absolute atomic E-state index is 0.0421. The normalized spacial score (nSPS) is 27.7. The zero-order chi connectivity index (χ0) is 14.2. The zero-order valence-electron chi connectivity index (χ0n) is 12.0. The maximum absolute atomic E-state index is 12.4. The van der Waals surface area contributed by atoms with Crippen LogP contribution in [0, 0.1) is 5.92 Å². The molecule has 1 N–H and O–H groups in total. The number of carbonyl (C=O) groups excluding carboxylic acids is 1. The number of fused-ring (bicyclic) bond motifs is 4. The molecule has 1 amide bonds. The molecule has 0 aliphatic carbocycles. The molecule has 3 aliphatic heterocycles. The number of piperidine rings is 3. The number of aromatic nitrogens is 1. The highest BCUT2D eigenvalue weighted by molar-refractivity contribution is 5.96. The third kappa shape index (κ3) is 2.40. The van der Waals surface area contributed by atoms with Crippen LogP contribution in [0.25, 0.3) is 10.8 Å². The van der Waals surface area contributed by atoms with E-state index in [2.05, 4.69) is 15.2 Å². The molecule has 4 heterocycles. The van der Waals surface area contributed by atoms with Gasteiger partial charge in [0, 0.05) is 24.2 Å². The molecule has 1 aromatic heterocycles. The highest BCUT2D eigenvalue weighted by Crippen LogP contribution is 2.27. The largest absolute Gasteiger partial charge is 0.346 e. The number of nitrogens with zero attached hydrogens (tertiary/aromatic N) is 2.